The maximum absolute atomic E-state index is 11.4. The van der Waals surface area contributed by atoms with Crippen LogP contribution in [0.15, 0.2) is 55.0 Å². The summed E-state index contributed by atoms with van der Waals surface area (Å²) in [4.78, 5) is 10.9. The van der Waals surface area contributed by atoms with Crippen molar-refractivity contribution in [1.29, 1.82) is 5.26 Å². The Hall–Kier alpha value is -2.97. The van der Waals surface area contributed by atoms with E-state index in [-0.39, 0.29) is 12.1 Å². The van der Waals surface area contributed by atoms with Gasteiger partial charge in [-0.15, -0.1) is 0 Å². The minimum absolute atomic E-state index is 0.208. The van der Waals surface area contributed by atoms with Gasteiger partial charge >= 0.3 is 0 Å². The van der Waals surface area contributed by atoms with E-state index >= 15 is 0 Å². The highest BCUT2D eigenvalue weighted by atomic mass is 16.3. The molecule has 5 rings (SSSR count). The van der Waals surface area contributed by atoms with E-state index in [9.17, 15) is 10.4 Å². The largest absolute Gasteiger partial charge is 0.385 e. The summed E-state index contributed by atoms with van der Waals surface area (Å²) < 4.78 is 0. The molecule has 2 saturated heterocycles. The lowest BCUT2D eigenvalue weighted by Gasteiger charge is -2.45. The number of nitriles is 1. The summed E-state index contributed by atoms with van der Waals surface area (Å²) in [5.41, 5.74) is 2.53. The minimum Gasteiger partial charge on any atom is -0.385 e. The molecule has 2 bridgehead atoms. The Morgan fingerprint density at radius 1 is 1.07 bits per heavy atom. The first kappa shape index (κ1) is 16.2. The number of aliphatic hydroxyl groups is 1. The number of pyridine rings is 2. The lowest BCUT2D eigenvalue weighted by Crippen LogP contribution is -2.50. The number of aromatic nitrogens is 2. The predicted octanol–water partition coefficient (Wildman–Crippen LogP) is 3.52. The van der Waals surface area contributed by atoms with Gasteiger partial charge in [-0.2, -0.15) is 5.26 Å². The Balaban J connectivity index is 1.60. The molecule has 1 aromatic carbocycles. The third-order valence-corrected chi connectivity index (χ3v) is 6.10. The lowest BCUT2D eigenvalue weighted by atomic mass is 9.80. The van der Waals surface area contributed by atoms with Gasteiger partial charge < -0.3 is 10.0 Å². The molecule has 0 radical (unpaired) electrons. The van der Waals surface area contributed by atoms with Crippen LogP contribution in [0.25, 0.3) is 10.9 Å². The summed E-state index contributed by atoms with van der Waals surface area (Å²) in [6.45, 7) is 0. The number of benzene rings is 1. The first-order valence-electron chi connectivity index (χ1n) is 9.39. The Bertz CT molecular complexity index is 1030. The Labute approximate surface area is 157 Å². The van der Waals surface area contributed by atoms with Crippen LogP contribution in [0.5, 0.6) is 0 Å². The molecule has 5 heteroatoms. The smallest absolute Gasteiger partial charge is 0.103 e. The van der Waals surface area contributed by atoms with Crippen LogP contribution in [0.3, 0.4) is 0 Å². The van der Waals surface area contributed by atoms with E-state index < -0.39 is 5.60 Å². The van der Waals surface area contributed by atoms with Crippen molar-refractivity contribution in [2.45, 2.75) is 43.4 Å². The van der Waals surface area contributed by atoms with Crippen molar-refractivity contribution in [2.24, 2.45) is 0 Å². The first-order chi connectivity index (χ1) is 13.2. The topological polar surface area (TPSA) is 73.0 Å². The number of rotatable bonds is 2. The Morgan fingerprint density at radius 3 is 2.52 bits per heavy atom. The van der Waals surface area contributed by atoms with Gasteiger partial charge in [-0.25, -0.2) is 0 Å². The SMILES string of the molecule is N#Cc1cnc2cnccc2c1N1C2CCC1CC(O)(c1ccccc1)C2. The van der Waals surface area contributed by atoms with Gasteiger partial charge in [-0.3, -0.25) is 9.97 Å². The second-order valence-electron chi connectivity index (χ2n) is 7.62. The van der Waals surface area contributed by atoms with Crippen LogP contribution in [0.4, 0.5) is 5.69 Å². The summed E-state index contributed by atoms with van der Waals surface area (Å²) in [5.74, 6) is 0. The molecule has 2 unspecified atom stereocenters. The molecule has 5 nitrogen and oxygen atoms in total. The molecule has 2 aliphatic rings. The zero-order valence-electron chi connectivity index (χ0n) is 14.9. The van der Waals surface area contributed by atoms with Crippen LogP contribution >= 0.6 is 0 Å². The first-order valence-corrected chi connectivity index (χ1v) is 9.39. The van der Waals surface area contributed by atoms with Crippen LogP contribution in [-0.2, 0) is 5.60 Å². The molecule has 2 fully saturated rings. The van der Waals surface area contributed by atoms with Crippen LogP contribution < -0.4 is 4.90 Å². The van der Waals surface area contributed by atoms with E-state index in [2.05, 4.69) is 20.9 Å². The fourth-order valence-corrected chi connectivity index (χ4v) is 4.96. The van der Waals surface area contributed by atoms with Crippen molar-refractivity contribution in [3.63, 3.8) is 0 Å². The molecule has 0 aliphatic carbocycles. The lowest BCUT2D eigenvalue weighted by molar-refractivity contribution is -0.00297. The second-order valence-corrected chi connectivity index (χ2v) is 7.62. The van der Waals surface area contributed by atoms with Crippen molar-refractivity contribution < 1.29 is 5.11 Å². The van der Waals surface area contributed by atoms with Crippen LogP contribution in [0.2, 0.25) is 0 Å². The molecular formula is C22H20N4O. The summed E-state index contributed by atoms with van der Waals surface area (Å²) in [6.07, 6.45) is 8.55. The van der Waals surface area contributed by atoms with Crippen molar-refractivity contribution in [3.8, 4) is 6.07 Å². The van der Waals surface area contributed by atoms with Crippen LogP contribution in [-0.4, -0.2) is 27.2 Å². The van der Waals surface area contributed by atoms with Crippen LogP contribution in [0.1, 0.15) is 36.8 Å². The Morgan fingerprint density at radius 2 is 1.81 bits per heavy atom. The molecule has 3 aromatic rings. The van der Waals surface area contributed by atoms with Crippen molar-refractivity contribution >= 4 is 16.6 Å². The molecule has 1 N–H and O–H groups in total. The third-order valence-electron chi connectivity index (χ3n) is 6.10. The van der Waals surface area contributed by atoms with Gasteiger partial charge in [0, 0.05) is 42.7 Å². The van der Waals surface area contributed by atoms with E-state index in [1.54, 1.807) is 18.6 Å². The molecule has 2 atom stereocenters. The molecule has 2 aliphatic heterocycles. The van der Waals surface area contributed by atoms with E-state index in [4.69, 9.17) is 0 Å². The standard InChI is InChI=1S/C22H20N4O/c23-12-15-13-25-20-14-24-9-8-19(20)21(15)26-17-6-7-18(26)11-22(27,10-17)16-4-2-1-3-5-16/h1-5,8-9,13-14,17-18,27H,6-7,10-11H2. The van der Waals surface area contributed by atoms with Gasteiger partial charge in [-0.1, -0.05) is 30.3 Å². The maximum atomic E-state index is 11.4. The maximum Gasteiger partial charge on any atom is 0.103 e. The molecule has 0 spiro atoms. The van der Waals surface area contributed by atoms with E-state index in [1.807, 2.05) is 36.4 Å². The molecule has 27 heavy (non-hydrogen) atoms. The zero-order valence-corrected chi connectivity index (χ0v) is 14.9. The van der Waals surface area contributed by atoms with Gasteiger partial charge in [0.2, 0.25) is 0 Å². The highest BCUT2D eigenvalue weighted by Crippen LogP contribution is 2.49. The van der Waals surface area contributed by atoms with Crippen molar-refractivity contribution in [3.05, 3.63) is 66.1 Å². The third kappa shape index (κ3) is 2.48. The van der Waals surface area contributed by atoms with Crippen molar-refractivity contribution in [1.82, 2.24) is 9.97 Å². The number of hydrogen-bond acceptors (Lipinski definition) is 5. The normalized spacial score (nSPS) is 26.9. The molecular weight excluding hydrogens is 336 g/mol. The number of nitrogens with zero attached hydrogens (tertiary/aromatic N) is 4. The van der Waals surface area contributed by atoms with Gasteiger partial charge in [-0.05, 0) is 24.5 Å². The summed E-state index contributed by atoms with van der Waals surface area (Å²) in [7, 11) is 0. The molecule has 134 valence electrons. The van der Waals surface area contributed by atoms with Gasteiger partial charge in [0.25, 0.3) is 0 Å². The van der Waals surface area contributed by atoms with Crippen molar-refractivity contribution in [2.75, 3.05) is 4.90 Å². The fourth-order valence-electron chi connectivity index (χ4n) is 4.96. The predicted molar refractivity (Wildman–Crippen MR) is 103 cm³/mol. The van der Waals surface area contributed by atoms with E-state index in [0.29, 0.717) is 18.4 Å². The number of hydrogen-bond donors (Lipinski definition) is 1. The summed E-state index contributed by atoms with van der Waals surface area (Å²) in [6, 6.07) is 14.7. The van der Waals surface area contributed by atoms with Crippen LogP contribution in [0, 0.1) is 11.3 Å². The summed E-state index contributed by atoms with van der Waals surface area (Å²) in [5, 5.41) is 22.1. The molecule has 4 heterocycles. The number of piperidine rings is 1. The summed E-state index contributed by atoms with van der Waals surface area (Å²) >= 11 is 0. The molecule has 0 saturated carbocycles. The van der Waals surface area contributed by atoms with Gasteiger partial charge in [0.05, 0.1) is 28.6 Å². The Kier molecular flexibility index (Phi) is 3.63. The van der Waals surface area contributed by atoms with Gasteiger partial charge in [0.15, 0.2) is 0 Å². The fraction of sp³-hybridized carbons (Fsp3) is 0.318. The minimum atomic E-state index is -0.805. The van der Waals surface area contributed by atoms with Gasteiger partial charge in [0.1, 0.15) is 6.07 Å². The zero-order chi connectivity index (χ0) is 18.4. The monoisotopic (exact) mass is 356 g/mol. The average Bonchev–Trinajstić information content (AvgIpc) is 2.98. The average molecular weight is 356 g/mol. The molecule has 2 aromatic heterocycles. The van der Waals surface area contributed by atoms with E-state index in [1.165, 1.54) is 0 Å². The number of fused-ring (bicyclic) bond motifs is 3. The second kappa shape index (κ2) is 6.04. The molecule has 0 amide bonds. The number of anilines is 1. The highest BCUT2D eigenvalue weighted by Gasteiger charge is 2.49. The highest BCUT2D eigenvalue weighted by molar-refractivity contribution is 5.94. The van der Waals surface area contributed by atoms with E-state index in [0.717, 1.165) is 35.0 Å². The quantitative estimate of drug-likeness (QED) is 0.760.